The van der Waals surface area contributed by atoms with Crippen LogP contribution in [0.4, 0.5) is 52.7 Å². The van der Waals surface area contributed by atoms with Crippen molar-refractivity contribution in [3.05, 3.63) is 24.3 Å². The number of methoxy groups -OCH3 is 2. The third-order valence-electron chi connectivity index (χ3n) is 5.06. The van der Waals surface area contributed by atoms with Crippen LogP contribution in [0.25, 0.3) is 0 Å². The van der Waals surface area contributed by atoms with E-state index in [1.54, 1.807) is 0 Å². The fraction of sp³-hybridized carbons (Fsp3) is 0.727. The summed E-state index contributed by atoms with van der Waals surface area (Å²) in [5.41, 5.74) is -3.02. The van der Waals surface area contributed by atoms with E-state index < -0.39 is 74.2 Å². The lowest BCUT2D eigenvalue weighted by Crippen LogP contribution is -2.63. The van der Waals surface area contributed by atoms with Crippen LogP contribution in [0.3, 0.4) is 0 Å². The Balaban J connectivity index is 2.86. The number of aliphatic hydroxyl groups excluding tert-OH is 1. The largest absolute Gasteiger partial charge is 0.497 e. The number of hydrogen-bond acceptors (Lipinski definition) is 7. The molecule has 1 aromatic carbocycles. The second kappa shape index (κ2) is 13.0. The molecule has 0 saturated carbocycles. The Morgan fingerprint density at radius 2 is 1.12 bits per heavy atom. The van der Waals surface area contributed by atoms with Crippen LogP contribution in [0.15, 0.2) is 24.3 Å². The maximum Gasteiger partial charge on any atom is 0.433 e. The van der Waals surface area contributed by atoms with Crippen molar-refractivity contribution in [3.63, 3.8) is 0 Å². The zero-order valence-corrected chi connectivity index (χ0v) is 21.6. The molecule has 0 bridgehead atoms. The minimum absolute atomic E-state index is 0.245. The first-order valence-corrected chi connectivity index (χ1v) is 11.1. The minimum atomic E-state index is -7.35. The Labute approximate surface area is 225 Å². The molecule has 41 heavy (non-hydrogen) atoms. The molecule has 0 aliphatic rings. The molecule has 1 aromatic rings. The van der Waals surface area contributed by atoms with Crippen LogP contribution in [-0.4, -0.2) is 88.1 Å². The molecule has 0 aliphatic carbocycles. The van der Waals surface area contributed by atoms with E-state index in [1.165, 1.54) is 31.4 Å². The first kappa shape index (κ1) is 36.8. The van der Waals surface area contributed by atoms with Gasteiger partial charge >= 0.3 is 36.3 Å². The number of ether oxygens (including phenoxy) is 6. The summed E-state index contributed by atoms with van der Waals surface area (Å²) in [6, 6.07) is 5.91. The lowest BCUT2D eigenvalue weighted by atomic mass is 9.93. The Morgan fingerprint density at radius 3 is 1.59 bits per heavy atom. The highest BCUT2D eigenvalue weighted by atomic mass is 19.4. The molecule has 0 heterocycles. The zero-order chi connectivity index (χ0) is 32.1. The Kier molecular flexibility index (Phi) is 11.6. The topological polar surface area (TPSA) is 75.6 Å². The van der Waals surface area contributed by atoms with Crippen molar-refractivity contribution < 1.29 is 86.2 Å². The first-order valence-electron chi connectivity index (χ1n) is 11.1. The molecule has 1 rings (SSSR count). The van der Waals surface area contributed by atoms with Crippen molar-refractivity contribution in [2.75, 3.05) is 40.6 Å². The molecule has 1 N–H and O–H groups in total. The summed E-state index contributed by atoms with van der Waals surface area (Å²) in [7, 11) is 1.78. The standard InChI is InChI=1S/C22H26F12O7/c1-16(2,11-38-9-13(35)10-39-15-7-5-14(37-4)6-8-15)19(27,28)40-21(31,32)18(25,26)22(33,34)41-20(29,30)17(23,24)12-36-3/h5-8,13,35H,9-12H2,1-4H3. The number of rotatable bonds is 18. The molecule has 19 heteroatoms. The van der Waals surface area contributed by atoms with Gasteiger partial charge in [0.15, 0.2) is 0 Å². The van der Waals surface area contributed by atoms with Gasteiger partial charge in [0.25, 0.3) is 0 Å². The molecule has 240 valence electrons. The van der Waals surface area contributed by atoms with Crippen molar-refractivity contribution in [1.29, 1.82) is 0 Å². The van der Waals surface area contributed by atoms with E-state index in [9.17, 15) is 57.8 Å². The molecule has 0 aromatic heterocycles. The summed E-state index contributed by atoms with van der Waals surface area (Å²) in [6.07, 6.45) is -27.6. The summed E-state index contributed by atoms with van der Waals surface area (Å²) in [6.45, 7) is -4.14. The molecule has 0 amide bonds. The molecular formula is C22H26F12O7. The third kappa shape index (κ3) is 8.89. The minimum Gasteiger partial charge on any atom is -0.497 e. The van der Waals surface area contributed by atoms with Gasteiger partial charge in [0.05, 0.1) is 25.7 Å². The van der Waals surface area contributed by atoms with Gasteiger partial charge in [-0.25, -0.2) is 9.47 Å². The van der Waals surface area contributed by atoms with Crippen molar-refractivity contribution in [3.8, 4) is 11.5 Å². The molecule has 0 fully saturated rings. The van der Waals surface area contributed by atoms with Crippen molar-refractivity contribution >= 4 is 0 Å². The van der Waals surface area contributed by atoms with Crippen LogP contribution < -0.4 is 9.47 Å². The molecular weight excluding hydrogens is 604 g/mol. The van der Waals surface area contributed by atoms with E-state index in [-0.39, 0.29) is 5.75 Å². The second-order valence-electron chi connectivity index (χ2n) is 9.02. The number of halogens is 12. The summed E-state index contributed by atoms with van der Waals surface area (Å²) >= 11 is 0. The van der Waals surface area contributed by atoms with Gasteiger partial charge in [-0.1, -0.05) is 0 Å². The van der Waals surface area contributed by atoms with Gasteiger partial charge in [0.2, 0.25) is 0 Å². The smallest absolute Gasteiger partial charge is 0.433 e. The lowest BCUT2D eigenvalue weighted by molar-refractivity contribution is -0.530. The van der Waals surface area contributed by atoms with E-state index in [0.29, 0.717) is 26.7 Å². The average molecular weight is 630 g/mol. The number of hydrogen-bond donors (Lipinski definition) is 1. The number of benzene rings is 1. The van der Waals surface area contributed by atoms with Gasteiger partial charge in [-0.2, -0.15) is 52.7 Å². The number of aliphatic hydroxyl groups is 1. The van der Waals surface area contributed by atoms with E-state index in [0.717, 1.165) is 0 Å². The molecule has 1 unspecified atom stereocenters. The van der Waals surface area contributed by atoms with Crippen LogP contribution in [0, 0.1) is 5.41 Å². The summed E-state index contributed by atoms with van der Waals surface area (Å²) in [4.78, 5) is 0. The quantitative estimate of drug-likeness (QED) is 0.206. The van der Waals surface area contributed by atoms with Crippen molar-refractivity contribution in [2.45, 2.75) is 56.2 Å². The van der Waals surface area contributed by atoms with Gasteiger partial charge in [-0.3, -0.25) is 0 Å². The predicted molar refractivity (Wildman–Crippen MR) is 113 cm³/mol. The van der Waals surface area contributed by atoms with Crippen LogP contribution >= 0.6 is 0 Å². The maximum atomic E-state index is 14.4. The summed E-state index contributed by atoms with van der Waals surface area (Å²) in [5, 5.41) is 9.84. The van der Waals surface area contributed by atoms with E-state index in [4.69, 9.17) is 14.2 Å². The normalized spacial score (nSPS) is 15.1. The molecule has 0 spiro atoms. The summed E-state index contributed by atoms with van der Waals surface area (Å²) in [5.74, 6) is -12.4. The average Bonchev–Trinajstić information content (AvgIpc) is 2.81. The fourth-order valence-corrected chi connectivity index (χ4v) is 2.54. The van der Waals surface area contributed by atoms with E-state index in [1.807, 2.05) is 4.74 Å². The summed E-state index contributed by atoms with van der Waals surface area (Å²) < 4.78 is 188. The molecule has 0 radical (unpaired) electrons. The monoisotopic (exact) mass is 630 g/mol. The van der Waals surface area contributed by atoms with Crippen LogP contribution in [0.1, 0.15) is 13.8 Å². The molecule has 0 saturated heterocycles. The van der Waals surface area contributed by atoms with Crippen LogP contribution in [-0.2, 0) is 18.9 Å². The highest BCUT2D eigenvalue weighted by Crippen LogP contribution is 2.54. The van der Waals surface area contributed by atoms with E-state index >= 15 is 0 Å². The van der Waals surface area contributed by atoms with E-state index in [2.05, 4.69) is 9.47 Å². The van der Waals surface area contributed by atoms with Gasteiger partial charge < -0.3 is 24.1 Å². The van der Waals surface area contributed by atoms with Gasteiger partial charge in [0.1, 0.15) is 30.8 Å². The predicted octanol–water partition coefficient (Wildman–Crippen LogP) is 5.80. The molecule has 0 aliphatic heterocycles. The third-order valence-corrected chi connectivity index (χ3v) is 5.06. The highest BCUT2D eigenvalue weighted by Gasteiger charge is 2.80. The van der Waals surface area contributed by atoms with Gasteiger partial charge in [-0.05, 0) is 38.1 Å². The fourth-order valence-electron chi connectivity index (χ4n) is 2.54. The van der Waals surface area contributed by atoms with Crippen molar-refractivity contribution in [2.24, 2.45) is 5.41 Å². The van der Waals surface area contributed by atoms with Crippen molar-refractivity contribution in [1.82, 2.24) is 0 Å². The molecule has 1 atom stereocenters. The Bertz CT molecular complexity index is 959. The molecule has 7 nitrogen and oxygen atoms in total. The Hall–Kier alpha value is -2.22. The Morgan fingerprint density at radius 1 is 0.659 bits per heavy atom. The lowest BCUT2D eigenvalue weighted by Gasteiger charge is -2.39. The second-order valence-corrected chi connectivity index (χ2v) is 9.02. The SMILES string of the molecule is COCC(F)(F)C(F)(F)OC(F)(F)C(F)(F)C(F)(F)OC(F)(F)C(C)(C)COCC(O)COc1ccc(OC)cc1. The zero-order valence-electron chi connectivity index (χ0n) is 21.6. The maximum absolute atomic E-state index is 14.4. The van der Waals surface area contributed by atoms with Crippen LogP contribution in [0.2, 0.25) is 0 Å². The number of alkyl halides is 12. The van der Waals surface area contributed by atoms with Gasteiger partial charge in [0, 0.05) is 7.11 Å². The van der Waals surface area contributed by atoms with Crippen LogP contribution in [0.5, 0.6) is 11.5 Å². The highest BCUT2D eigenvalue weighted by molar-refractivity contribution is 5.31. The first-order chi connectivity index (χ1) is 18.4. The van der Waals surface area contributed by atoms with Gasteiger partial charge in [-0.15, -0.1) is 0 Å².